The number of rotatable bonds is 1. The van der Waals surface area contributed by atoms with E-state index in [1.807, 2.05) is 0 Å². The summed E-state index contributed by atoms with van der Waals surface area (Å²) in [7, 11) is 1.75. The minimum Gasteiger partial charge on any atom is -0.493 e. The van der Waals surface area contributed by atoms with Gasteiger partial charge in [-0.2, -0.15) is 0 Å². The van der Waals surface area contributed by atoms with Gasteiger partial charge < -0.3 is 9.47 Å². The van der Waals surface area contributed by atoms with Gasteiger partial charge in [-0.3, -0.25) is 0 Å². The smallest absolute Gasteiger partial charge is 0.165 e. The zero-order valence-corrected chi connectivity index (χ0v) is 12.0. The molecular weight excluding hydrogens is 236 g/mol. The van der Waals surface area contributed by atoms with Crippen LogP contribution in [-0.4, -0.2) is 13.2 Å². The van der Waals surface area contributed by atoms with Crippen LogP contribution in [0.1, 0.15) is 44.2 Å². The summed E-state index contributed by atoms with van der Waals surface area (Å²) in [6.45, 7) is 4.78. The molecule has 1 fully saturated rings. The fraction of sp³-hybridized carbons (Fsp3) is 0.647. The fourth-order valence-corrected chi connectivity index (χ4v) is 4.91. The van der Waals surface area contributed by atoms with Gasteiger partial charge >= 0.3 is 0 Å². The van der Waals surface area contributed by atoms with Crippen LogP contribution in [0.2, 0.25) is 0 Å². The predicted molar refractivity (Wildman–Crippen MR) is 75.0 cm³/mol. The summed E-state index contributed by atoms with van der Waals surface area (Å²) < 4.78 is 11.9. The maximum absolute atomic E-state index is 6.41. The van der Waals surface area contributed by atoms with Crippen molar-refractivity contribution in [2.24, 2.45) is 11.8 Å². The Labute approximate surface area is 115 Å². The number of benzene rings is 1. The lowest BCUT2D eigenvalue weighted by atomic mass is 9.56. The number of methoxy groups -OCH3 is 1. The zero-order valence-electron chi connectivity index (χ0n) is 12.0. The second-order valence-electron chi connectivity index (χ2n) is 6.74. The molecule has 4 unspecified atom stereocenters. The van der Waals surface area contributed by atoms with Crippen LogP contribution in [0.15, 0.2) is 12.1 Å². The van der Waals surface area contributed by atoms with E-state index >= 15 is 0 Å². The molecule has 4 rings (SSSR count). The summed E-state index contributed by atoms with van der Waals surface area (Å²) in [6.07, 6.45) is 5.53. The largest absolute Gasteiger partial charge is 0.493 e. The van der Waals surface area contributed by atoms with Crippen LogP contribution >= 0.6 is 0 Å². The van der Waals surface area contributed by atoms with Gasteiger partial charge in [0.25, 0.3) is 0 Å². The van der Waals surface area contributed by atoms with Gasteiger partial charge in [-0.05, 0) is 49.1 Å². The average molecular weight is 258 g/mol. The summed E-state index contributed by atoms with van der Waals surface area (Å²) in [5, 5.41) is 0. The van der Waals surface area contributed by atoms with E-state index in [1.165, 1.54) is 36.8 Å². The number of hydrogen-bond donors (Lipinski definition) is 0. The summed E-state index contributed by atoms with van der Waals surface area (Å²) in [5.74, 6) is 3.40. The third-order valence-electron chi connectivity index (χ3n) is 5.90. The van der Waals surface area contributed by atoms with E-state index in [2.05, 4.69) is 26.0 Å². The van der Waals surface area contributed by atoms with Crippen molar-refractivity contribution in [1.82, 2.24) is 0 Å². The van der Waals surface area contributed by atoms with Gasteiger partial charge in [-0.15, -0.1) is 0 Å². The zero-order chi connectivity index (χ0) is 13.2. The molecule has 0 radical (unpaired) electrons. The first-order valence-electron chi connectivity index (χ1n) is 7.53. The van der Waals surface area contributed by atoms with Gasteiger partial charge in [-0.25, -0.2) is 0 Å². The molecule has 1 aromatic carbocycles. The van der Waals surface area contributed by atoms with Crippen LogP contribution in [0.5, 0.6) is 11.5 Å². The van der Waals surface area contributed by atoms with E-state index < -0.39 is 0 Å². The Hall–Kier alpha value is -1.18. The second kappa shape index (κ2) is 3.68. The molecule has 2 heteroatoms. The van der Waals surface area contributed by atoms with Gasteiger partial charge in [-0.1, -0.05) is 19.9 Å². The van der Waals surface area contributed by atoms with E-state index in [0.29, 0.717) is 12.0 Å². The molecule has 3 aliphatic rings. The van der Waals surface area contributed by atoms with Gasteiger partial charge in [0.2, 0.25) is 0 Å². The molecule has 0 bridgehead atoms. The first-order valence-corrected chi connectivity index (χ1v) is 7.53. The van der Waals surface area contributed by atoms with E-state index in [1.54, 1.807) is 7.11 Å². The summed E-state index contributed by atoms with van der Waals surface area (Å²) >= 11 is 0. The number of hydrogen-bond acceptors (Lipinski definition) is 2. The van der Waals surface area contributed by atoms with Crippen LogP contribution in [0.3, 0.4) is 0 Å². The molecule has 4 atom stereocenters. The molecule has 1 saturated carbocycles. The lowest BCUT2D eigenvalue weighted by Crippen LogP contribution is -2.51. The minimum atomic E-state index is 0.217. The molecule has 2 aliphatic carbocycles. The highest BCUT2D eigenvalue weighted by molar-refractivity contribution is 5.59. The number of aryl methyl sites for hydroxylation is 1. The normalized spacial score (nSPS) is 38.6. The van der Waals surface area contributed by atoms with Gasteiger partial charge in [0.15, 0.2) is 11.5 Å². The molecule has 0 aromatic heterocycles. The van der Waals surface area contributed by atoms with E-state index in [0.717, 1.165) is 17.4 Å². The Kier molecular flexibility index (Phi) is 2.25. The van der Waals surface area contributed by atoms with Gasteiger partial charge in [0.1, 0.15) is 6.10 Å². The van der Waals surface area contributed by atoms with Crippen LogP contribution in [0.4, 0.5) is 0 Å². The van der Waals surface area contributed by atoms with Crippen molar-refractivity contribution in [2.45, 2.75) is 51.0 Å². The van der Waals surface area contributed by atoms with E-state index in [4.69, 9.17) is 9.47 Å². The van der Waals surface area contributed by atoms with Crippen molar-refractivity contribution in [1.29, 1.82) is 0 Å². The molecule has 0 amide bonds. The summed E-state index contributed by atoms with van der Waals surface area (Å²) in [4.78, 5) is 0. The Balaban J connectivity index is 1.97. The van der Waals surface area contributed by atoms with Crippen LogP contribution in [0, 0.1) is 11.8 Å². The maximum Gasteiger partial charge on any atom is 0.165 e. The molecule has 0 saturated heterocycles. The van der Waals surface area contributed by atoms with Crippen molar-refractivity contribution < 1.29 is 9.47 Å². The van der Waals surface area contributed by atoms with Gasteiger partial charge in [0, 0.05) is 11.0 Å². The molecule has 2 nitrogen and oxygen atoms in total. The fourth-order valence-electron chi connectivity index (χ4n) is 4.91. The SMILES string of the molecule is COc1ccc2c3c1OC1C(C)CCC(CC2)C31C. The molecular formula is C17H22O2. The third-order valence-corrected chi connectivity index (χ3v) is 5.90. The Morgan fingerprint density at radius 1 is 1.26 bits per heavy atom. The van der Waals surface area contributed by atoms with Crippen molar-refractivity contribution in [2.75, 3.05) is 7.11 Å². The van der Waals surface area contributed by atoms with Crippen molar-refractivity contribution in [3.63, 3.8) is 0 Å². The summed E-state index contributed by atoms with van der Waals surface area (Å²) in [5.41, 5.74) is 3.18. The predicted octanol–water partition coefficient (Wildman–Crippen LogP) is 3.71. The minimum absolute atomic E-state index is 0.217. The van der Waals surface area contributed by atoms with Crippen molar-refractivity contribution >= 4 is 0 Å². The monoisotopic (exact) mass is 258 g/mol. The van der Waals surface area contributed by atoms with Crippen LogP contribution < -0.4 is 9.47 Å². The third kappa shape index (κ3) is 1.28. The van der Waals surface area contributed by atoms with Crippen LogP contribution in [0.25, 0.3) is 0 Å². The Bertz CT molecular complexity index is 536. The molecule has 1 aliphatic heterocycles. The van der Waals surface area contributed by atoms with Crippen LogP contribution in [-0.2, 0) is 11.8 Å². The van der Waals surface area contributed by atoms with Crippen molar-refractivity contribution in [3.8, 4) is 11.5 Å². The highest BCUT2D eigenvalue weighted by atomic mass is 16.5. The first kappa shape index (κ1) is 11.6. The van der Waals surface area contributed by atoms with E-state index in [9.17, 15) is 0 Å². The van der Waals surface area contributed by atoms with Gasteiger partial charge in [0.05, 0.1) is 7.11 Å². The Morgan fingerprint density at radius 3 is 2.89 bits per heavy atom. The van der Waals surface area contributed by atoms with E-state index in [-0.39, 0.29) is 5.41 Å². The lowest BCUT2D eigenvalue weighted by Gasteiger charge is -2.48. The maximum atomic E-state index is 6.41. The van der Waals surface area contributed by atoms with Crippen molar-refractivity contribution in [3.05, 3.63) is 23.3 Å². The summed E-state index contributed by atoms with van der Waals surface area (Å²) in [6, 6.07) is 4.34. The molecule has 1 heterocycles. The molecule has 19 heavy (non-hydrogen) atoms. The molecule has 102 valence electrons. The topological polar surface area (TPSA) is 18.5 Å². The highest BCUT2D eigenvalue weighted by Gasteiger charge is 2.57. The Morgan fingerprint density at radius 2 is 2.11 bits per heavy atom. The standard InChI is InChI=1S/C17H22O2/c1-10-4-7-12-8-5-11-6-9-13(18-3)15-14(11)17(12,2)16(10)19-15/h6,9-10,12,16H,4-5,7-8H2,1-3H3. The number of ether oxygens (including phenoxy) is 2. The average Bonchev–Trinajstić information content (AvgIpc) is 2.74. The molecule has 0 spiro atoms. The first-order chi connectivity index (χ1) is 9.16. The molecule has 0 N–H and O–H groups in total. The quantitative estimate of drug-likeness (QED) is 0.764. The molecule has 1 aromatic rings. The second-order valence-corrected chi connectivity index (χ2v) is 6.74. The highest BCUT2D eigenvalue weighted by Crippen LogP contribution is 2.61. The lowest BCUT2D eigenvalue weighted by molar-refractivity contribution is 0.0146.